The molecule has 0 saturated carbocycles. The summed E-state index contributed by atoms with van der Waals surface area (Å²) >= 11 is 0. The Balaban J connectivity index is 1.27. The summed E-state index contributed by atoms with van der Waals surface area (Å²) in [5, 5.41) is 2.89. The van der Waals surface area contributed by atoms with E-state index in [0.717, 1.165) is 24.6 Å². The molecule has 0 radical (unpaired) electrons. The molecule has 1 saturated heterocycles. The van der Waals surface area contributed by atoms with Crippen LogP contribution in [0.5, 0.6) is 5.88 Å². The maximum Gasteiger partial charge on any atom is 0.251 e. The predicted molar refractivity (Wildman–Crippen MR) is 116 cm³/mol. The van der Waals surface area contributed by atoms with E-state index in [4.69, 9.17) is 4.74 Å². The molecule has 30 heavy (non-hydrogen) atoms. The Morgan fingerprint density at radius 2 is 1.80 bits per heavy atom. The number of benzene rings is 1. The minimum Gasteiger partial charge on any atom is -0.476 e. The quantitative estimate of drug-likeness (QED) is 0.610. The highest BCUT2D eigenvalue weighted by atomic mass is 16.5. The van der Waals surface area contributed by atoms with Gasteiger partial charge in [0.2, 0.25) is 5.88 Å². The standard InChI is InChI=1S/C23H27N5O2/c1-18-25-21(28-14-3-2-4-15-28)17-22(26-18)30-16-11-24-23(29)19-7-9-20(10-8-19)27-12-5-6-13-27/h5-10,12-13,17H,2-4,11,14-16H2,1H3,(H,24,29). The fourth-order valence-corrected chi connectivity index (χ4v) is 3.60. The monoisotopic (exact) mass is 405 g/mol. The van der Waals surface area contributed by atoms with E-state index < -0.39 is 0 Å². The van der Waals surface area contributed by atoms with E-state index in [0.29, 0.717) is 30.4 Å². The van der Waals surface area contributed by atoms with E-state index in [9.17, 15) is 4.79 Å². The van der Waals surface area contributed by atoms with Gasteiger partial charge in [0.1, 0.15) is 18.2 Å². The van der Waals surface area contributed by atoms with E-state index in [1.54, 1.807) is 0 Å². The van der Waals surface area contributed by atoms with Crippen molar-refractivity contribution in [1.29, 1.82) is 0 Å². The molecule has 3 heterocycles. The topological polar surface area (TPSA) is 72.3 Å². The second-order valence-corrected chi connectivity index (χ2v) is 7.40. The number of hydrogen-bond acceptors (Lipinski definition) is 5. The van der Waals surface area contributed by atoms with Gasteiger partial charge in [-0.05, 0) is 62.6 Å². The summed E-state index contributed by atoms with van der Waals surface area (Å²) in [5.41, 5.74) is 1.64. The number of carbonyl (C=O) groups excluding carboxylic acids is 1. The summed E-state index contributed by atoms with van der Waals surface area (Å²) in [6.45, 7) is 4.67. The van der Waals surface area contributed by atoms with Crippen LogP contribution in [0.15, 0.2) is 54.9 Å². The summed E-state index contributed by atoms with van der Waals surface area (Å²) < 4.78 is 7.77. The molecule has 1 aliphatic heterocycles. The minimum absolute atomic E-state index is 0.120. The molecule has 1 N–H and O–H groups in total. The van der Waals surface area contributed by atoms with Crippen LogP contribution in [0.3, 0.4) is 0 Å². The van der Waals surface area contributed by atoms with Crippen molar-refractivity contribution in [3.63, 3.8) is 0 Å². The minimum atomic E-state index is -0.120. The number of amides is 1. The van der Waals surface area contributed by atoms with E-state index in [2.05, 4.69) is 20.2 Å². The van der Waals surface area contributed by atoms with Crippen molar-refractivity contribution in [1.82, 2.24) is 19.9 Å². The molecular formula is C23H27N5O2. The lowest BCUT2D eigenvalue weighted by Gasteiger charge is -2.28. The molecule has 2 aromatic heterocycles. The molecule has 3 aromatic rings. The number of piperidine rings is 1. The van der Waals surface area contributed by atoms with Crippen LogP contribution in [0.1, 0.15) is 35.4 Å². The molecule has 1 aliphatic rings. The zero-order valence-electron chi connectivity index (χ0n) is 17.3. The molecule has 1 fully saturated rings. The summed E-state index contributed by atoms with van der Waals surface area (Å²) in [5.74, 6) is 2.04. The second kappa shape index (κ2) is 9.43. The first kappa shape index (κ1) is 19.9. The van der Waals surface area contributed by atoms with Crippen LogP contribution in [0.2, 0.25) is 0 Å². The largest absolute Gasteiger partial charge is 0.476 e. The maximum atomic E-state index is 12.4. The normalized spacial score (nSPS) is 13.8. The lowest BCUT2D eigenvalue weighted by Crippen LogP contribution is -2.30. The van der Waals surface area contributed by atoms with Crippen molar-refractivity contribution in [3.8, 4) is 11.6 Å². The highest BCUT2D eigenvalue weighted by molar-refractivity contribution is 5.94. The number of carbonyl (C=O) groups is 1. The Morgan fingerprint density at radius 1 is 1.07 bits per heavy atom. The van der Waals surface area contributed by atoms with Gasteiger partial charge in [-0.15, -0.1) is 0 Å². The number of nitrogens with zero attached hydrogens (tertiary/aromatic N) is 4. The van der Waals surface area contributed by atoms with Gasteiger partial charge in [0.25, 0.3) is 5.91 Å². The molecule has 0 aliphatic carbocycles. The Hall–Kier alpha value is -3.35. The number of ether oxygens (including phenoxy) is 1. The molecular weight excluding hydrogens is 378 g/mol. The average Bonchev–Trinajstić information content (AvgIpc) is 3.32. The first-order chi connectivity index (χ1) is 14.7. The van der Waals surface area contributed by atoms with Gasteiger partial charge in [-0.3, -0.25) is 4.79 Å². The third-order valence-electron chi connectivity index (χ3n) is 5.15. The fraction of sp³-hybridized carbons (Fsp3) is 0.348. The zero-order valence-corrected chi connectivity index (χ0v) is 17.3. The van der Waals surface area contributed by atoms with Crippen LogP contribution in [-0.4, -0.2) is 46.7 Å². The van der Waals surface area contributed by atoms with Crippen molar-refractivity contribution >= 4 is 11.7 Å². The smallest absolute Gasteiger partial charge is 0.251 e. The highest BCUT2D eigenvalue weighted by Crippen LogP contribution is 2.21. The Kier molecular flexibility index (Phi) is 6.27. The van der Waals surface area contributed by atoms with Gasteiger partial charge in [0, 0.05) is 42.8 Å². The molecule has 156 valence electrons. The van der Waals surface area contributed by atoms with Crippen LogP contribution in [0.25, 0.3) is 5.69 Å². The summed E-state index contributed by atoms with van der Waals surface area (Å²) in [6, 6.07) is 13.3. The molecule has 7 heteroatoms. The van der Waals surface area contributed by atoms with Gasteiger partial charge < -0.3 is 19.5 Å². The third kappa shape index (κ3) is 4.97. The van der Waals surface area contributed by atoms with Crippen LogP contribution < -0.4 is 15.0 Å². The number of aryl methyl sites for hydroxylation is 1. The zero-order chi connectivity index (χ0) is 20.8. The van der Waals surface area contributed by atoms with Gasteiger partial charge in [0.05, 0.1) is 6.54 Å². The Morgan fingerprint density at radius 3 is 2.53 bits per heavy atom. The van der Waals surface area contributed by atoms with E-state index in [1.807, 2.05) is 66.3 Å². The second-order valence-electron chi connectivity index (χ2n) is 7.40. The van der Waals surface area contributed by atoms with Crippen molar-refractivity contribution in [3.05, 3.63) is 66.2 Å². The summed E-state index contributed by atoms with van der Waals surface area (Å²) in [4.78, 5) is 23.5. The number of rotatable bonds is 7. The molecule has 4 rings (SSSR count). The number of nitrogens with one attached hydrogen (secondary N) is 1. The lowest BCUT2D eigenvalue weighted by atomic mass is 10.1. The van der Waals surface area contributed by atoms with E-state index >= 15 is 0 Å². The molecule has 1 aromatic carbocycles. The first-order valence-corrected chi connectivity index (χ1v) is 10.4. The SMILES string of the molecule is Cc1nc(OCCNC(=O)c2ccc(-n3cccc3)cc2)cc(N2CCCCC2)n1. The van der Waals surface area contributed by atoms with Gasteiger partial charge >= 0.3 is 0 Å². The number of hydrogen-bond donors (Lipinski definition) is 1. The van der Waals surface area contributed by atoms with Gasteiger partial charge in [0.15, 0.2) is 0 Å². The van der Waals surface area contributed by atoms with E-state index in [1.165, 1.54) is 19.3 Å². The molecule has 0 atom stereocenters. The fourth-order valence-electron chi connectivity index (χ4n) is 3.60. The Labute approximate surface area is 176 Å². The average molecular weight is 406 g/mol. The van der Waals surface area contributed by atoms with Gasteiger partial charge in [-0.25, -0.2) is 4.98 Å². The molecule has 1 amide bonds. The van der Waals surface area contributed by atoms with Crippen molar-refractivity contribution < 1.29 is 9.53 Å². The molecule has 0 unspecified atom stereocenters. The summed E-state index contributed by atoms with van der Waals surface area (Å²) in [7, 11) is 0. The van der Waals surface area contributed by atoms with Crippen LogP contribution in [0, 0.1) is 6.92 Å². The first-order valence-electron chi connectivity index (χ1n) is 10.4. The van der Waals surface area contributed by atoms with Crippen LogP contribution >= 0.6 is 0 Å². The van der Waals surface area contributed by atoms with Crippen LogP contribution in [0.4, 0.5) is 5.82 Å². The maximum absolute atomic E-state index is 12.4. The molecule has 0 bridgehead atoms. The van der Waals surface area contributed by atoms with Gasteiger partial charge in [-0.1, -0.05) is 0 Å². The number of aromatic nitrogens is 3. The van der Waals surface area contributed by atoms with Crippen LogP contribution in [-0.2, 0) is 0 Å². The summed E-state index contributed by atoms with van der Waals surface area (Å²) in [6.07, 6.45) is 7.60. The molecule has 7 nitrogen and oxygen atoms in total. The predicted octanol–water partition coefficient (Wildman–Crippen LogP) is 3.37. The van der Waals surface area contributed by atoms with Gasteiger partial charge in [-0.2, -0.15) is 4.98 Å². The van der Waals surface area contributed by atoms with Crippen molar-refractivity contribution in [2.45, 2.75) is 26.2 Å². The van der Waals surface area contributed by atoms with E-state index in [-0.39, 0.29) is 5.91 Å². The third-order valence-corrected chi connectivity index (χ3v) is 5.15. The molecule has 0 spiro atoms. The van der Waals surface area contributed by atoms with Crippen molar-refractivity contribution in [2.75, 3.05) is 31.1 Å². The van der Waals surface area contributed by atoms with Crippen molar-refractivity contribution in [2.24, 2.45) is 0 Å². The highest BCUT2D eigenvalue weighted by Gasteiger charge is 2.14. The number of anilines is 1. The Bertz CT molecular complexity index is 964. The lowest BCUT2D eigenvalue weighted by molar-refractivity contribution is 0.0946.